The standard InChI is InChI=1S/C27H25N2P/c1-21(29-22(2)26-18-11-12-20-28-26)25-17-9-10-19-27(25)30(23-13-5-3-6-14-23)24-15-7-4-8-16-24/h3-21H,1-2H3/t21-/m0/s1. The van der Waals surface area contributed by atoms with Crippen LogP contribution in [-0.4, -0.2) is 10.7 Å². The molecule has 4 aromatic rings. The Hall–Kier alpha value is -3.09. The first-order valence-corrected chi connectivity index (χ1v) is 11.5. The Labute approximate surface area is 180 Å². The fourth-order valence-electron chi connectivity index (χ4n) is 3.63. The summed E-state index contributed by atoms with van der Waals surface area (Å²) in [4.78, 5) is 9.46. The Bertz CT molecular complexity index is 1070. The maximum Gasteiger partial charge on any atom is 0.0837 e. The molecular weight excluding hydrogens is 383 g/mol. The molecule has 0 amide bonds. The van der Waals surface area contributed by atoms with Crippen LogP contribution in [0.2, 0.25) is 0 Å². The summed E-state index contributed by atoms with van der Waals surface area (Å²) in [6, 6.07) is 36.4. The van der Waals surface area contributed by atoms with Crippen molar-refractivity contribution in [2.24, 2.45) is 4.99 Å². The summed E-state index contributed by atoms with van der Waals surface area (Å²) in [6.45, 7) is 4.22. The van der Waals surface area contributed by atoms with E-state index in [4.69, 9.17) is 4.99 Å². The van der Waals surface area contributed by atoms with Crippen LogP contribution < -0.4 is 15.9 Å². The van der Waals surface area contributed by atoms with Crippen molar-refractivity contribution in [3.05, 3.63) is 121 Å². The van der Waals surface area contributed by atoms with E-state index in [0.717, 1.165) is 11.4 Å². The Morgan fingerprint density at radius 2 is 1.30 bits per heavy atom. The highest BCUT2D eigenvalue weighted by molar-refractivity contribution is 7.79. The molecule has 0 spiro atoms. The molecule has 1 heterocycles. The number of nitrogens with zero attached hydrogens (tertiary/aromatic N) is 2. The summed E-state index contributed by atoms with van der Waals surface area (Å²) in [5.41, 5.74) is 3.16. The van der Waals surface area contributed by atoms with Crippen LogP contribution in [0.1, 0.15) is 31.1 Å². The molecule has 3 heteroatoms. The first kappa shape index (κ1) is 20.2. The predicted molar refractivity (Wildman–Crippen MR) is 130 cm³/mol. The zero-order chi connectivity index (χ0) is 20.8. The third-order valence-corrected chi connectivity index (χ3v) is 7.60. The number of hydrogen-bond donors (Lipinski definition) is 0. The zero-order valence-electron chi connectivity index (χ0n) is 17.3. The first-order chi connectivity index (χ1) is 14.7. The molecule has 4 rings (SSSR count). The Morgan fingerprint density at radius 1 is 0.733 bits per heavy atom. The average Bonchev–Trinajstić information content (AvgIpc) is 2.81. The first-order valence-electron chi connectivity index (χ1n) is 10.2. The fraction of sp³-hybridized carbons (Fsp3) is 0.111. The molecule has 3 aromatic carbocycles. The SMILES string of the molecule is CC(=N[C@@H](C)c1ccccc1P(c1ccccc1)c1ccccc1)c1ccccn1. The summed E-state index contributed by atoms with van der Waals surface area (Å²) in [7, 11) is -0.663. The monoisotopic (exact) mass is 408 g/mol. The van der Waals surface area contributed by atoms with Crippen LogP contribution in [-0.2, 0) is 0 Å². The number of hydrogen-bond acceptors (Lipinski definition) is 2. The van der Waals surface area contributed by atoms with E-state index in [9.17, 15) is 0 Å². The second kappa shape index (κ2) is 9.61. The Kier molecular flexibility index (Phi) is 6.47. The lowest BCUT2D eigenvalue weighted by Gasteiger charge is -2.24. The highest BCUT2D eigenvalue weighted by Gasteiger charge is 2.21. The molecule has 148 valence electrons. The Balaban J connectivity index is 1.79. The van der Waals surface area contributed by atoms with Crippen molar-refractivity contribution < 1.29 is 0 Å². The van der Waals surface area contributed by atoms with Crippen molar-refractivity contribution in [3.63, 3.8) is 0 Å². The van der Waals surface area contributed by atoms with Gasteiger partial charge in [0.2, 0.25) is 0 Å². The van der Waals surface area contributed by atoms with E-state index in [2.05, 4.69) is 96.8 Å². The molecule has 0 saturated heterocycles. The van der Waals surface area contributed by atoms with Gasteiger partial charge in [0, 0.05) is 6.20 Å². The molecule has 1 atom stereocenters. The van der Waals surface area contributed by atoms with Crippen LogP contribution in [0.15, 0.2) is 114 Å². The van der Waals surface area contributed by atoms with E-state index in [-0.39, 0.29) is 6.04 Å². The molecule has 0 aliphatic carbocycles. The van der Waals surface area contributed by atoms with Crippen molar-refractivity contribution in [1.29, 1.82) is 0 Å². The van der Waals surface area contributed by atoms with Crippen LogP contribution in [0.5, 0.6) is 0 Å². The molecule has 0 fully saturated rings. The maximum absolute atomic E-state index is 5.01. The lowest BCUT2D eigenvalue weighted by molar-refractivity contribution is 0.824. The van der Waals surface area contributed by atoms with Crippen molar-refractivity contribution >= 4 is 29.5 Å². The third kappa shape index (κ3) is 4.56. The van der Waals surface area contributed by atoms with Crippen molar-refractivity contribution in [2.75, 3.05) is 0 Å². The highest BCUT2D eigenvalue weighted by atomic mass is 31.1. The second-order valence-electron chi connectivity index (χ2n) is 7.17. The molecule has 1 aromatic heterocycles. The second-order valence-corrected chi connectivity index (χ2v) is 9.36. The lowest BCUT2D eigenvalue weighted by atomic mass is 10.1. The normalized spacial score (nSPS) is 12.7. The van der Waals surface area contributed by atoms with E-state index < -0.39 is 7.92 Å². The van der Waals surface area contributed by atoms with Gasteiger partial charge >= 0.3 is 0 Å². The van der Waals surface area contributed by atoms with Gasteiger partial charge in [-0.05, 0) is 55.4 Å². The summed E-state index contributed by atoms with van der Waals surface area (Å²) >= 11 is 0. The number of benzene rings is 3. The summed E-state index contributed by atoms with van der Waals surface area (Å²) in [5, 5.41) is 4.06. The van der Waals surface area contributed by atoms with Gasteiger partial charge in [-0.2, -0.15) is 0 Å². The largest absolute Gasteiger partial charge is 0.280 e. The number of rotatable bonds is 6. The number of aromatic nitrogens is 1. The molecule has 0 aliphatic rings. The van der Waals surface area contributed by atoms with Gasteiger partial charge in [-0.25, -0.2) is 0 Å². The van der Waals surface area contributed by atoms with Crippen molar-refractivity contribution in [1.82, 2.24) is 4.98 Å². The van der Waals surface area contributed by atoms with Gasteiger partial charge in [0.05, 0.1) is 17.4 Å². The zero-order valence-corrected chi connectivity index (χ0v) is 18.2. The topological polar surface area (TPSA) is 25.2 Å². The van der Waals surface area contributed by atoms with Gasteiger partial charge in [0.25, 0.3) is 0 Å². The quantitative estimate of drug-likeness (QED) is 0.309. The van der Waals surface area contributed by atoms with E-state index in [1.165, 1.54) is 21.5 Å². The van der Waals surface area contributed by atoms with Crippen LogP contribution in [0.3, 0.4) is 0 Å². The highest BCUT2D eigenvalue weighted by Crippen LogP contribution is 2.36. The minimum atomic E-state index is -0.663. The molecule has 0 bridgehead atoms. The minimum absolute atomic E-state index is 0.0423. The summed E-state index contributed by atoms with van der Waals surface area (Å²) < 4.78 is 0. The van der Waals surface area contributed by atoms with Crippen molar-refractivity contribution in [2.45, 2.75) is 19.9 Å². The average molecular weight is 408 g/mol. The molecule has 30 heavy (non-hydrogen) atoms. The lowest BCUT2D eigenvalue weighted by Crippen LogP contribution is -2.24. The van der Waals surface area contributed by atoms with Crippen LogP contribution in [0.25, 0.3) is 0 Å². The van der Waals surface area contributed by atoms with E-state index in [0.29, 0.717) is 0 Å². The minimum Gasteiger partial charge on any atom is -0.280 e. The smallest absolute Gasteiger partial charge is 0.0837 e. The van der Waals surface area contributed by atoms with Gasteiger partial charge in [0.15, 0.2) is 0 Å². The number of pyridine rings is 1. The molecule has 0 radical (unpaired) electrons. The Morgan fingerprint density at radius 3 is 1.90 bits per heavy atom. The van der Waals surface area contributed by atoms with Crippen LogP contribution >= 0.6 is 7.92 Å². The molecule has 0 aliphatic heterocycles. The maximum atomic E-state index is 5.01. The van der Waals surface area contributed by atoms with E-state index in [1.54, 1.807) is 0 Å². The fourth-order valence-corrected chi connectivity index (χ4v) is 6.18. The third-order valence-electron chi connectivity index (χ3n) is 5.08. The van der Waals surface area contributed by atoms with Gasteiger partial charge < -0.3 is 0 Å². The number of aliphatic imine (C=N–C) groups is 1. The van der Waals surface area contributed by atoms with Crippen molar-refractivity contribution in [3.8, 4) is 0 Å². The molecular formula is C27H25N2P. The van der Waals surface area contributed by atoms with E-state index >= 15 is 0 Å². The van der Waals surface area contributed by atoms with Crippen LogP contribution in [0, 0.1) is 0 Å². The molecule has 0 unspecified atom stereocenters. The van der Waals surface area contributed by atoms with Gasteiger partial charge in [0.1, 0.15) is 0 Å². The predicted octanol–water partition coefficient (Wildman–Crippen LogP) is 5.41. The summed E-state index contributed by atoms with van der Waals surface area (Å²) in [6.07, 6.45) is 1.82. The molecule has 0 saturated carbocycles. The molecule has 2 nitrogen and oxygen atoms in total. The van der Waals surface area contributed by atoms with Crippen LogP contribution in [0.4, 0.5) is 0 Å². The van der Waals surface area contributed by atoms with Gasteiger partial charge in [-0.1, -0.05) is 91.0 Å². The van der Waals surface area contributed by atoms with Gasteiger partial charge in [-0.15, -0.1) is 0 Å². The molecule has 0 N–H and O–H groups in total. The summed E-state index contributed by atoms with van der Waals surface area (Å²) in [5.74, 6) is 0. The van der Waals surface area contributed by atoms with E-state index in [1.807, 2.05) is 31.3 Å². The van der Waals surface area contributed by atoms with Gasteiger partial charge in [-0.3, -0.25) is 9.98 Å².